The third kappa shape index (κ3) is 1.31. The summed E-state index contributed by atoms with van der Waals surface area (Å²) in [6, 6.07) is 0. The molecule has 1 N–H and O–H groups in total. The van der Waals surface area contributed by atoms with Gasteiger partial charge in [0.05, 0.1) is 0 Å². The van der Waals surface area contributed by atoms with E-state index in [4.69, 9.17) is 0 Å². The van der Waals surface area contributed by atoms with E-state index in [1.807, 2.05) is 0 Å². The topological polar surface area (TPSA) is 12.0 Å². The first-order valence-corrected chi connectivity index (χ1v) is 4.98. The molecule has 64 valence electrons. The highest BCUT2D eigenvalue weighted by atomic mass is 14.9. The van der Waals surface area contributed by atoms with Gasteiger partial charge in [-0.3, -0.25) is 0 Å². The number of piperidine rings is 2. The molecule has 2 aliphatic heterocycles. The molecule has 3 rings (SSSR count). The van der Waals surface area contributed by atoms with Crippen LogP contribution < -0.4 is 5.32 Å². The Labute approximate surface area is 69.6 Å². The summed E-state index contributed by atoms with van der Waals surface area (Å²) >= 11 is 0. The van der Waals surface area contributed by atoms with Crippen LogP contribution in [0.25, 0.3) is 0 Å². The highest BCUT2D eigenvalue weighted by Gasteiger charge is 2.43. The van der Waals surface area contributed by atoms with Crippen LogP contribution in [0.4, 0.5) is 0 Å². The van der Waals surface area contributed by atoms with Gasteiger partial charge in [-0.25, -0.2) is 0 Å². The lowest BCUT2D eigenvalue weighted by Crippen LogP contribution is -2.53. The first kappa shape index (κ1) is 7.60. The van der Waals surface area contributed by atoms with E-state index in [-0.39, 0.29) is 0 Å². The third-order valence-electron chi connectivity index (χ3n) is 3.37. The molecule has 1 saturated carbocycles. The van der Waals surface area contributed by atoms with Gasteiger partial charge in [0, 0.05) is 0 Å². The number of fused-ring (bicyclic) bond motifs is 2. The van der Waals surface area contributed by atoms with Crippen LogP contribution in [-0.2, 0) is 0 Å². The Morgan fingerprint density at radius 1 is 1.27 bits per heavy atom. The number of nitrogens with one attached hydrogen (secondary N) is 1. The Kier molecular flexibility index (Phi) is 1.92. The van der Waals surface area contributed by atoms with Gasteiger partial charge in [-0.1, -0.05) is 13.8 Å². The highest BCUT2D eigenvalue weighted by Crippen LogP contribution is 2.45. The minimum Gasteiger partial charge on any atom is -0.316 e. The molecule has 0 aromatic rings. The lowest BCUT2D eigenvalue weighted by Gasteiger charge is -2.50. The first-order valence-electron chi connectivity index (χ1n) is 4.98. The Morgan fingerprint density at radius 3 is 2.36 bits per heavy atom. The molecule has 3 aliphatic rings. The van der Waals surface area contributed by atoms with Crippen LogP contribution in [0, 0.1) is 23.7 Å². The molecule has 2 unspecified atom stereocenters. The van der Waals surface area contributed by atoms with Crippen LogP contribution in [0.2, 0.25) is 0 Å². The van der Waals surface area contributed by atoms with Gasteiger partial charge in [0.1, 0.15) is 0 Å². The summed E-state index contributed by atoms with van der Waals surface area (Å²) < 4.78 is 0. The fourth-order valence-electron chi connectivity index (χ4n) is 2.78. The van der Waals surface area contributed by atoms with E-state index in [0.717, 1.165) is 23.7 Å². The number of hydrogen-bond acceptors (Lipinski definition) is 1. The third-order valence-corrected chi connectivity index (χ3v) is 3.37. The van der Waals surface area contributed by atoms with Crippen LogP contribution in [0.15, 0.2) is 0 Å². The molecule has 0 amide bonds. The van der Waals surface area contributed by atoms with Crippen molar-refractivity contribution in [1.82, 2.24) is 5.32 Å². The molecule has 0 aromatic carbocycles. The summed E-state index contributed by atoms with van der Waals surface area (Å²) in [6.07, 6.45) is 2.99. The zero-order valence-corrected chi connectivity index (χ0v) is 7.64. The molecular weight excluding hydrogens is 134 g/mol. The molecule has 0 aromatic heterocycles. The van der Waals surface area contributed by atoms with Crippen molar-refractivity contribution in [3.05, 3.63) is 0 Å². The summed E-state index contributed by atoms with van der Waals surface area (Å²) in [5.74, 6) is 4.06. The van der Waals surface area contributed by atoms with E-state index in [1.54, 1.807) is 0 Å². The Morgan fingerprint density at radius 2 is 1.91 bits per heavy atom. The quantitative estimate of drug-likeness (QED) is 0.639. The van der Waals surface area contributed by atoms with E-state index in [1.165, 1.54) is 25.9 Å². The van der Waals surface area contributed by atoms with Crippen LogP contribution in [-0.4, -0.2) is 13.1 Å². The average Bonchev–Trinajstić information content (AvgIpc) is 2.01. The molecule has 2 atom stereocenters. The molecule has 0 radical (unpaired) electrons. The molecule has 1 nitrogen and oxygen atoms in total. The maximum absolute atomic E-state index is 3.49. The van der Waals surface area contributed by atoms with Gasteiger partial charge >= 0.3 is 0 Å². The Balaban J connectivity index is 1.86. The maximum atomic E-state index is 3.49. The SMILES string of the molecule is CC(C)CC1C2CNCC1C2. The summed E-state index contributed by atoms with van der Waals surface area (Å²) in [4.78, 5) is 0. The normalized spacial score (nSPS) is 42.3. The van der Waals surface area contributed by atoms with Gasteiger partial charge in [-0.2, -0.15) is 0 Å². The van der Waals surface area contributed by atoms with E-state index >= 15 is 0 Å². The second-order valence-corrected chi connectivity index (χ2v) is 4.71. The second kappa shape index (κ2) is 2.78. The van der Waals surface area contributed by atoms with E-state index in [0.29, 0.717) is 0 Å². The van der Waals surface area contributed by atoms with Crippen LogP contribution in [0.3, 0.4) is 0 Å². The maximum Gasteiger partial charge on any atom is -0.00175 e. The number of rotatable bonds is 2. The largest absolute Gasteiger partial charge is 0.316 e. The lowest BCUT2D eigenvalue weighted by atomic mass is 9.60. The molecule has 2 bridgehead atoms. The molecule has 2 heterocycles. The fraction of sp³-hybridized carbons (Fsp3) is 1.00. The smallest absolute Gasteiger partial charge is 0.00175 e. The zero-order valence-electron chi connectivity index (χ0n) is 7.64. The van der Waals surface area contributed by atoms with Gasteiger partial charge in [-0.05, 0) is 49.6 Å². The van der Waals surface area contributed by atoms with Crippen molar-refractivity contribution >= 4 is 0 Å². The van der Waals surface area contributed by atoms with E-state index < -0.39 is 0 Å². The minimum atomic E-state index is 0.906. The van der Waals surface area contributed by atoms with Crippen molar-refractivity contribution in [2.75, 3.05) is 13.1 Å². The summed E-state index contributed by atoms with van der Waals surface area (Å²) in [6.45, 7) is 7.30. The van der Waals surface area contributed by atoms with Gasteiger partial charge in [0.15, 0.2) is 0 Å². The second-order valence-electron chi connectivity index (χ2n) is 4.71. The van der Waals surface area contributed by atoms with Gasteiger partial charge in [0.25, 0.3) is 0 Å². The minimum absolute atomic E-state index is 0.906. The van der Waals surface area contributed by atoms with Crippen molar-refractivity contribution in [1.29, 1.82) is 0 Å². The molecule has 11 heavy (non-hydrogen) atoms. The average molecular weight is 153 g/mol. The predicted octanol–water partition coefficient (Wildman–Crippen LogP) is 1.89. The molecular formula is C10H19N. The Hall–Kier alpha value is -0.0400. The molecule has 1 aliphatic carbocycles. The zero-order chi connectivity index (χ0) is 7.84. The van der Waals surface area contributed by atoms with Crippen LogP contribution >= 0.6 is 0 Å². The summed E-state index contributed by atoms with van der Waals surface area (Å²) in [5, 5.41) is 3.49. The predicted molar refractivity (Wildman–Crippen MR) is 47.4 cm³/mol. The standard InChI is InChI=1S/C10H19N/c1-7(2)3-10-8-4-9(10)6-11-5-8/h7-11H,3-6H2,1-2H3. The van der Waals surface area contributed by atoms with Gasteiger partial charge in [0.2, 0.25) is 0 Å². The monoisotopic (exact) mass is 153 g/mol. The number of hydrogen-bond donors (Lipinski definition) is 1. The van der Waals surface area contributed by atoms with Crippen molar-refractivity contribution in [2.24, 2.45) is 23.7 Å². The van der Waals surface area contributed by atoms with Crippen molar-refractivity contribution in [3.8, 4) is 0 Å². The van der Waals surface area contributed by atoms with Crippen LogP contribution in [0.1, 0.15) is 26.7 Å². The van der Waals surface area contributed by atoms with Gasteiger partial charge < -0.3 is 5.32 Å². The highest BCUT2D eigenvalue weighted by molar-refractivity contribution is 4.95. The van der Waals surface area contributed by atoms with Crippen molar-refractivity contribution < 1.29 is 0 Å². The first-order chi connectivity index (χ1) is 5.27. The lowest BCUT2D eigenvalue weighted by molar-refractivity contribution is 0.0164. The molecule has 2 saturated heterocycles. The van der Waals surface area contributed by atoms with Crippen LogP contribution in [0.5, 0.6) is 0 Å². The fourth-order valence-corrected chi connectivity index (χ4v) is 2.78. The van der Waals surface area contributed by atoms with Crippen molar-refractivity contribution in [3.63, 3.8) is 0 Å². The molecule has 1 heteroatoms. The summed E-state index contributed by atoms with van der Waals surface area (Å²) in [7, 11) is 0. The van der Waals surface area contributed by atoms with E-state index in [9.17, 15) is 0 Å². The van der Waals surface area contributed by atoms with Gasteiger partial charge in [-0.15, -0.1) is 0 Å². The molecule has 0 spiro atoms. The molecule has 3 fully saturated rings. The Bertz CT molecular complexity index is 128. The van der Waals surface area contributed by atoms with Crippen molar-refractivity contribution in [2.45, 2.75) is 26.7 Å². The van der Waals surface area contributed by atoms with E-state index in [2.05, 4.69) is 19.2 Å². The summed E-state index contributed by atoms with van der Waals surface area (Å²) in [5.41, 5.74) is 0.